The number of piperidine rings is 1. The van der Waals surface area contributed by atoms with Gasteiger partial charge in [0, 0.05) is 18.8 Å². The number of benzene rings is 1. The van der Waals surface area contributed by atoms with Gasteiger partial charge < -0.3 is 15.4 Å². The number of nitrogen functional groups attached to an aromatic ring is 1. The van der Waals surface area contributed by atoms with Crippen LogP contribution in [0.5, 0.6) is 0 Å². The van der Waals surface area contributed by atoms with E-state index in [0.29, 0.717) is 18.8 Å². The minimum atomic E-state index is -0.647. The van der Waals surface area contributed by atoms with E-state index in [1.807, 2.05) is 26.0 Å². The number of ether oxygens (including phenoxy) is 1. The van der Waals surface area contributed by atoms with Crippen molar-refractivity contribution in [1.82, 2.24) is 4.90 Å². The molecule has 22 heavy (non-hydrogen) atoms. The van der Waals surface area contributed by atoms with Crippen molar-refractivity contribution in [3.63, 3.8) is 0 Å². The SMILES string of the molecule is COC(=O)C1CCCN(C(=O)C(C)(C)c2ccc(N)cc2)C1. The van der Waals surface area contributed by atoms with E-state index in [1.54, 1.807) is 17.0 Å². The van der Waals surface area contributed by atoms with Crippen molar-refractivity contribution in [3.05, 3.63) is 29.8 Å². The van der Waals surface area contributed by atoms with Gasteiger partial charge in [-0.3, -0.25) is 9.59 Å². The molecule has 0 radical (unpaired) electrons. The fraction of sp³-hybridized carbons (Fsp3) is 0.529. The third-order valence-electron chi connectivity index (χ3n) is 4.41. The molecule has 1 aliphatic heterocycles. The molecule has 1 aliphatic rings. The molecule has 1 amide bonds. The lowest BCUT2D eigenvalue weighted by Crippen LogP contribution is -2.49. The van der Waals surface area contributed by atoms with Crippen LogP contribution in [0.3, 0.4) is 0 Å². The smallest absolute Gasteiger partial charge is 0.310 e. The molecule has 0 saturated carbocycles. The Hall–Kier alpha value is -2.04. The highest BCUT2D eigenvalue weighted by Gasteiger charge is 2.37. The molecule has 1 heterocycles. The molecule has 1 atom stereocenters. The van der Waals surface area contributed by atoms with Crippen LogP contribution in [0.25, 0.3) is 0 Å². The van der Waals surface area contributed by atoms with Gasteiger partial charge >= 0.3 is 5.97 Å². The second-order valence-corrected chi connectivity index (χ2v) is 6.36. The summed E-state index contributed by atoms with van der Waals surface area (Å²) in [4.78, 5) is 26.4. The lowest BCUT2D eigenvalue weighted by molar-refractivity contribution is -0.150. The lowest BCUT2D eigenvalue weighted by atomic mass is 9.82. The average Bonchev–Trinajstić information content (AvgIpc) is 2.53. The zero-order chi connectivity index (χ0) is 16.3. The average molecular weight is 304 g/mol. The number of anilines is 1. The summed E-state index contributed by atoms with van der Waals surface area (Å²) in [5, 5.41) is 0. The molecule has 1 aromatic rings. The number of esters is 1. The summed E-state index contributed by atoms with van der Waals surface area (Å²) >= 11 is 0. The summed E-state index contributed by atoms with van der Waals surface area (Å²) in [6.07, 6.45) is 1.60. The number of nitrogens with two attached hydrogens (primary N) is 1. The van der Waals surface area contributed by atoms with E-state index in [1.165, 1.54) is 7.11 Å². The topological polar surface area (TPSA) is 72.6 Å². The second kappa shape index (κ2) is 6.38. The van der Waals surface area contributed by atoms with Gasteiger partial charge in [0.25, 0.3) is 0 Å². The molecule has 2 rings (SSSR count). The fourth-order valence-electron chi connectivity index (χ4n) is 2.94. The number of nitrogens with zero attached hydrogens (tertiary/aromatic N) is 1. The van der Waals surface area contributed by atoms with Crippen molar-refractivity contribution < 1.29 is 14.3 Å². The Bertz CT molecular complexity index is 552. The molecule has 1 unspecified atom stereocenters. The van der Waals surface area contributed by atoms with Gasteiger partial charge in [-0.05, 0) is 44.4 Å². The zero-order valence-corrected chi connectivity index (χ0v) is 13.5. The van der Waals surface area contributed by atoms with E-state index >= 15 is 0 Å². The van der Waals surface area contributed by atoms with E-state index in [-0.39, 0.29) is 17.8 Å². The number of likely N-dealkylation sites (tertiary alicyclic amines) is 1. The van der Waals surface area contributed by atoms with Gasteiger partial charge in [-0.25, -0.2) is 0 Å². The number of methoxy groups -OCH3 is 1. The molecule has 5 nitrogen and oxygen atoms in total. The predicted octanol–water partition coefficient (Wildman–Crippen LogP) is 1.96. The van der Waals surface area contributed by atoms with Crippen molar-refractivity contribution in [3.8, 4) is 0 Å². The van der Waals surface area contributed by atoms with Gasteiger partial charge in [0.1, 0.15) is 0 Å². The summed E-state index contributed by atoms with van der Waals surface area (Å²) in [6, 6.07) is 7.37. The number of hydrogen-bond donors (Lipinski definition) is 1. The molecule has 1 fully saturated rings. The maximum absolute atomic E-state index is 12.9. The van der Waals surface area contributed by atoms with Gasteiger partial charge in [0.15, 0.2) is 0 Å². The molecule has 1 aromatic carbocycles. The Balaban J connectivity index is 2.15. The number of carbonyl (C=O) groups is 2. The highest BCUT2D eigenvalue weighted by molar-refractivity contribution is 5.88. The van der Waals surface area contributed by atoms with Gasteiger partial charge in [0.05, 0.1) is 18.4 Å². The number of rotatable bonds is 3. The Morgan fingerprint density at radius 2 is 1.91 bits per heavy atom. The van der Waals surface area contributed by atoms with Gasteiger partial charge in [-0.15, -0.1) is 0 Å². The number of amides is 1. The molecule has 0 aromatic heterocycles. The van der Waals surface area contributed by atoms with Crippen LogP contribution >= 0.6 is 0 Å². The van der Waals surface area contributed by atoms with E-state index < -0.39 is 5.41 Å². The van der Waals surface area contributed by atoms with Crippen LogP contribution < -0.4 is 5.73 Å². The summed E-state index contributed by atoms with van der Waals surface area (Å²) in [7, 11) is 1.39. The van der Waals surface area contributed by atoms with Crippen LogP contribution in [-0.4, -0.2) is 37.0 Å². The van der Waals surface area contributed by atoms with Crippen LogP contribution in [0, 0.1) is 5.92 Å². The third-order valence-corrected chi connectivity index (χ3v) is 4.41. The van der Waals surface area contributed by atoms with Gasteiger partial charge in [0.2, 0.25) is 5.91 Å². The Morgan fingerprint density at radius 1 is 1.27 bits per heavy atom. The Morgan fingerprint density at radius 3 is 2.50 bits per heavy atom. The predicted molar refractivity (Wildman–Crippen MR) is 85.2 cm³/mol. The van der Waals surface area contributed by atoms with Crippen molar-refractivity contribution in [2.45, 2.75) is 32.1 Å². The van der Waals surface area contributed by atoms with Crippen molar-refractivity contribution >= 4 is 17.6 Å². The first-order chi connectivity index (χ1) is 10.4. The zero-order valence-electron chi connectivity index (χ0n) is 13.5. The van der Waals surface area contributed by atoms with Crippen molar-refractivity contribution in [2.24, 2.45) is 5.92 Å². The number of carbonyl (C=O) groups excluding carboxylic acids is 2. The minimum absolute atomic E-state index is 0.0332. The second-order valence-electron chi connectivity index (χ2n) is 6.36. The summed E-state index contributed by atoms with van der Waals surface area (Å²) in [6.45, 7) is 4.93. The quantitative estimate of drug-likeness (QED) is 0.684. The molecule has 0 bridgehead atoms. The van der Waals surface area contributed by atoms with E-state index in [9.17, 15) is 9.59 Å². The first-order valence-corrected chi connectivity index (χ1v) is 7.59. The monoisotopic (exact) mass is 304 g/mol. The lowest BCUT2D eigenvalue weighted by Gasteiger charge is -2.37. The van der Waals surface area contributed by atoms with E-state index in [0.717, 1.165) is 18.4 Å². The molecule has 120 valence electrons. The maximum Gasteiger partial charge on any atom is 0.310 e. The van der Waals surface area contributed by atoms with Crippen LogP contribution in [0.4, 0.5) is 5.69 Å². The van der Waals surface area contributed by atoms with Crippen LogP contribution in [0.2, 0.25) is 0 Å². The molecular weight excluding hydrogens is 280 g/mol. The standard InChI is InChI=1S/C17H24N2O3/c1-17(2,13-6-8-14(18)9-7-13)16(21)19-10-4-5-12(11-19)15(20)22-3/h6-9,12H,4-5,10-11,18H2,1-3H3. The van der Waals surface area contributed by atoms with E-state index in [2.05, 4.69) is 0 Å². The Kier molecular flexibility index (Phi) is 4.74. The largest absolute Gasteiger partial charge is 0.469 e. The molecule has 5 heteroatoms. The molecular formula is C17H24N2O3. The molecule has 0 aliphatic carbocycles. The van der Waals surface area contributed by atoms with Crippen molar-refractivity contribution in [1.29, 1.82) is 0 Å². The molecule has 2 N–H and O–H groups in total. The maximum atomic E-state index is 12.9. The van der Waals surface area contributed by atoms with Crippen LogP contribution in [0.1, 0.15) is 32.3 Å². The number of hydrogen-bond acceptors (Lipinski definition) is 4. The summed E-state index contributed by atoms with van der Waals surface area (Å²) in [5.74, 6) is -0.418. The highest BCUT2D eigenvalue weighted by atomic mass is 16.5. The van der Waals surface area contributed by atoms with Crippen LogP contribution in [-0.2, 0) is 19.7 Å². The minimum Gasteiger partial charge on any atom is -0.469 e. The normalized spacial score (nSPS) is 18.9. The highest BCUT2D eigenvalue weighted by Crippen LogP contribution is 2.29. The van der Waals surface area contributed by atoms with Crippen LogP contribution in [0.15, 0.2) is 24.3 Å². The van der Waals surface area contributed by atoms with E-state index in [4.69, 9.17) is 10.5 Å². The summed E-state index contributed by atoms with van der Waals surface area (Å²) < 4.78 is 4.81. The summed E-state index contributed by atoms with van der Waals surface area (Å²) in [5.41, 5.74) is 6.66. The van der Waals surface area contributed by atoms with Gasteiger partial charge in [-0.2, -0.15) is 0 Å². The molecule has 1 saturated heterocycles. The van der Waals surface area contributed by atoms with Crippen molar-refractivity contribution in [2.75, 3.05) is 25.9 Å². The molecule has 0 spiro atoms. The fourth-order valence-corrected chi connectivity index (χ4v) is 2.94. The van der Waals surface area contributed by atoms with Gasteiger partial charge in [-0.1, -0.05) is 12.1 Å². The third kappa shape index (κ3) is 3.24. The first kappa shape index (κ1) is 16.3. The Labute approximate surface area is 131 Å². The first-order valence-electron chi connectivity index (χ1n) is 7.59.